The zero-order valence-electron chi connectivity index (χ0n) is 15.1. The zero-order chi connectivity index (χ0) is 18.8. The summed E-state index contributed by atoms with van der Waals surface area (Å²) < 4.78 is 1.43. The minimum atomic E-state index is -0.144. The summed E-state index contributed by atoms with van der Waals surface area (Å²) in [6, 6.07) is 13.2. The molecule has 27 heavy (non-hydrogen) atoms. The van der Waals surface area contributed by atoms with Crippen molar-refractivity contribution in [2.75, 3.05) is 13.1 Å². The molecule has 7 nitrogen and oxygen atoms in total. The lowest BCUT2D eigenvalue weighted by Gasteiger charge is -2.34. The summed E-state index contributed by atoms with van der Waals surface area (Å²) in [7, 11) is 0. The number of phenols is 1. The number of nitrogens with zero attached hydrogens (tertiary/aromatic N) is 5. The third-order valence-electron chi connectivity index (χ3n) is 5.16. The van der Waals surface area contributed by atoms with Crippen LogP contribution in [-0.4, -0.2) is 49.2 Å². The molecule has 1 aromatic heterocycles. The SMILES string of the molecule is Cc1ccccc1[C@@H]1CCCN(C(=O)c2ccc(-n3cnnn3)cc2O)C1. The van der Waals surface area contributed by atoms with Gasteiger partial charge in [-0.2, -0.15) is 0 Å². The normalized spacial score (nSPS) is 17.1. The number of carbonyl (C=O) groups is 1. The first-order valence-corrected chi connectivity index (χ1v) is 9.04. The number of carbonyl (C=O) groups excluding carboxylic acids is 1. The van der Waals surface area contributed by atoms with E-state index in [1.807, 2.05) is 17.0 Å². The van der Waals surface area contributed by atoms with Gasteiger partial charge in [0.05, 0.1) is 11.3 Å². The molecule has 2 aromatic carbocycles. The van der Waals surface area contributed by atoms with Crippen LogP contribution >= 0.6 is 0 Å². The van der Waals surface area contributed by atoms with Gasteiger partial charge in [0, 0.05) is 25.1 Å². The summed E-state index contributed by atoms with van der Waals surface area (Å²) >= 11 is 0. The van der Waals surface area contributed by atoms with Crippen molar-refractivity contribution in [3.63, 3.8) is 0 Å². The fraction of sp³-hybridized carbons (Fsp3) is 0.300. The van der Waals surface area contributed by atoms with Crippen molar-refractivity contribution in [1.29, 1.82) is 0 Å². The van der Waals surface area contributed by atoms with Gasteiger partial charge in [-0.25, -0.2) is 4.68 Å². The summed E-state index contributed by atoms with van der Waals surface area (Å²) in [4.78, 5) is 14.8. The number of aromatic hydroxyl groups is 1. The van der Waals surface area contributed by atoms with Gasteiger partial charge in [0.2, 0.25) is 0 Å². The predicted molar refractivity (Wildman–Crippen MR) is 99.9 cm³/mol. The molecular formula is C20H21N5O2. The molecular weight excluding hydrogens is 342 g/mol. The van der Waals surface area contributed by atoms with E-state index in [0.29, 0.717) is 30.3 Å². The molecule has 0 spiro atoms. The van der Waals surface area contributed by atoms with Crippen molar-refractivity contribution >= 4 is 5.91 Å². The minimum absolute atomic E-state index is 0.0639. The molecule has 1 amide bonds. The number of likely N-dealkylation sites (tertiary alicyclic amines) is 1. The van der Waals surface area contributed by atoms with E-state index in [2.05, 4.69) is 34.6 Å². The number of hydrogen-bond acceptors (Lipinski definition) is 5. The quantitative estimate of drug-likeness (QED) is 0.773. The molecule has 1 N–H and O–H groups in total. The van der Waals surface area contributed by atoms with Gasteiger partial charge in [0.1, 0.15) is 12.1 Å². The average Bonchev–Trinajstić information content (AvgIpc) is 3.23. The second-order valence-corrected chi connectivity index (χ2v) is 6.90. The van der Waals surface area contributed by atoms with E-state index in [9.17, 15) is 9.90 Å². The number of tetrazole rings is 1. The van der Waals surface area contributed by atoms with Gasteiger partial charge in [0.15, 0.2) is 0 Å². The maximum absolute atomic E-state index is 13.0. The number of benzene rings is 2. The van der Waals surface area contributed by atoms with Crippen LogP contribution in [0.3, 0.4) is 0 Å². The zero-order valence-corrected chi connectivity index (χ0v) is 15.1. The van der Waals surface area contributed by atoms with Gasteiger partial charge in [-0.15, -0.1) is 5.10 Å². The van der Waals surface area contributed by atoms with Crippen molar-refractivity contribution in [3.05, 3.63) is 65.5 Å². The summed E-state index contributed by atoms with van der Waals surface area (Å²) in [6.07, 6.45) is 3.46. The van der Waals surface area contributed by atoms with Crippen molar-refractivity contribution in [3.8, 4) is 11.4 Å². The van der Waals surface area contributed by atoms with Gasteiger partial charge in [0.25, 0.3) is 5.91 Å². The van der Waals surface area contributed by atoms with E-state index in [1.54, 1.807) is 12.1 Å². The van der Waals surface area contributed by atoms with E-state index < -0.39 is 0 Å². The lowest BCUT2D eigenvalue weighted by molar-refractivity contribution is 0.0704. The molecule has 1 aliphatic heterocycles. The van der Waals surface area contributed by atoms with E-state index in [0.717, 1.165) is 12.8 Å². The molecule has 4 rings (SSSR count). The topological polar surface area (TPSA) is 84.1 Å². The van der Waals surface area contributed by atoms with Gasteiger partial charge in [-0.1, -0.05) is 24.3 Å². The van der Waals surface area contributed by atoms with Gasteiger partial charge in [-0.05, 0) is 53.5 Å². The Kier molecular flexibility index (Phi) is 4.58. The monoisotopic (exact) mass is 363 g/mol. The highest BCUT2D eigenvalue weighted by atomic mass is 16.3. The maximum atomic E-state index is 13.0. The van der Waals surface area contributed by atoms with Gasteiger partial charge >= 0.3 is 0 Å². The van der Waals surface area contributed by atoms with Gasteiger partial charge < -0.3 is 10.0 Å². The van der Waals surface area contributed by atoms with Crippen molar-refractivity contribution in [2.24, 2.45) is 0 Å². The molecule has 2 heterocycles. The first-order valence-electron chi connectivity index (χ1n) is 9.04. The lowest BCUT2D eigenvalue weighted by atomic mass is 9.87. The van der Waals surface area contributed by atoms with Crippen LogP contribution in [-0.2, 0) is 0 Å². The highest BCUT2D eigenvalue weighted by Gasteiger charge is 2.27. The molecule has 138 valence electrons. The molecule has 0 radical (unpaired) electrons. The fourth-order valence-corrected chi connectivity index (χ4v) is 3.75. The van der Waals surface area contributed by atoms with Crippen molar-refractivity contribution in [2.45, 2.75) is 25.7 Å². The Hall–Kier alpha value is -3.22. The highest BCUT2D eigenvalue weighted by Crippen LogP contribution is 2.31. The van der Waals surface area contributed by atoms with Crippen molar-refractivity contribution in [1.82, 2.24) is 25.1 Å². The van der Waals surface area contributed by atoms with Crippen LogP contribution in [0, 0.1) is 6.92 Å². The molecule has 0 saturated carbocycles. The Morgan fingerprint density at radius 1 is 1.22 bits per heavy atom. The fourth-order valence-electron chi connectivity index (χ4n) is 3.75. The maximum Gasteiger partial charge on any atom is 0.257 e. The highest BCUT2D eigenvalue weighted by molar-refractivity contribution is 5.97. The van der Waals surface area contributed by atoms with Crippen LogP contribution in [0.15, 0.2) is 48.8 Å². The molecule has 1 aliphatic rings. The Balaban J connectivity index is 1.55. The summed E-state index contributed by atoms with van der Waals surface area (Å²) in [5, 5.41) is 21.3. The van der Waals surface area contributed by atoms with E-state index >= 15 is 0 Å². The van der Waals surface area contributed by atoms with Crippen LogP contribution in [0.5, 0.6) is 5.75 Å². The van der Waals surface area contributed by atoms with E-state index in [-0.39, 0.29) is 11.7 Å². The van der Waals surface area contributed by atoms with Crippen molar-refractivity contribution < 1.29 is 9.90 Å². The molecule has 0 bridgehead atoms. The second-order valence-electron chi connectivity index (χ2n) is 6.90. The van der Waals surface area contributed by atoms with Crippen LogP contribution in [0.2, 0.25) is 0 Å². The van der Waals surface area contributed by atoms with Crippen LogP contribution in [0.25, 0.3) is 5.69 Å². The number of rotatable bonds is 3. The number of hydrogen-bond donors (Lipinski definition) is 1. The van der Waals surface area contributed by atoms with Gasteiger partial charge in [-0.3, -0.25) is 4.79 Å². The Bertz CT molecular complexity index is 955. The van der Waals surface area contributed by atoms with Crippen LogP contribution in [0.1, 0.15) is 40.2 Å². The number of piperidine rings is 1. The number of phenolic OH excluding ortho intramolecular Hbond substituents is 1. The second kappa shape index (κ2) is 7.19. The third-order valence-corrected chi connectivity index (χ3v) is 5.16. The van der Waals surface area contributed by atoms with Crippen LogP contribution in [0.4, 0.5) is 0 Å². The molecule has 3 aromatic rings. The van der Waals surface area contributed by atoms with Crippen LogP contribution < -0.4 is 0 Å². The summed E-state index contributed by atoms with van der Waals surface area (Å²) in [6.45, 7) is 3.48. The molecule has 0 unspecified atom stereocenters. The molecule has 1 fully saturated rings. The smallest absolute Gasteiger partial charge is 0.257 e. The standard InChI is InChI=1S/C20H21N5O2/c1-14-5-2-3-7-17(14)15-6-4-10-24(12-15)20(27)18-9-8-16(11-19(18)26)25-13-21-22-23-25/h2-3,5,7-9,11,13,15,26H,4,6,10,12H2,1H3/t15-/m1/s1. The minimum Gasteiger partial charge on any atom is -0.507 e. The number of amides is 1. The Labute approximate surface area is 157 Å². The first-order chi connectivity index (χ1) is 13.1. The number of aromatic nitrogens is 4. The predicted octanol–water partition coefficient (Wildman–Crippen LogP) is 2.70. The molecule has 7 heteroatoms. The summed E-state index contributed by atoms with van der Waals surface area (Å²) in [5.41, 5.74) is 3.46. The molecule has 0 aliphatic carbocycles. The van der Waals surface area contributed by atoms with E-state index in [1.165, 1.54) is 28.2 Å². The number of aryl methyl sites for hydroxylation is 1. The third kappa shape index (κ3) is 3.40. The largest absolute Gasteiger partial charge is 0.507 e. The average molecular weight is 363 g/mol. The van der Waals surface area contributed by atoms with E-state index in [4.69, 9.17) is 0 Å². The summed E-state index contributed by atoms with van der Waals surface area (Å²) in [5.74, 6) is 0.117. The Morgan fingerprint density at radius 3 is 2.81 bits per heavy atom. The molecule has 1 atom stereocenters. The first kappa shape index (κ1) is 17.2. The lowest BCUT2D eigenvalue weighted by Crippen LogP contribution is -2.39. The molecule has 1 saturated heterocycles. The Morgan fingerprint density at radius 2 is 2.07 bits per heavy atom.